The number of carbonyl (C=O) groups excluding carboxylic acids is 1. The second-order valence-electron chi connectivity index (χ2n) is 3.05. The summed E-state index contributed by atoms with van der Waals surface area (Å²) < 4.78 is 5.20. The van der Waals surface area contributed by atoms with Crippen molar-refractivity contribution in [1.82, 2.24) is 0 Å². The van der Waals surface area contributed by atoms with Gasteiger partial charge in [0.1, 0.15) is 12.0 Å². The number of hydrogen-bond donors (Lipinski definition) is 1. The Morgan fingerprint density at radius 3 is 2.80 bits per heavy atom. The number of ether oxygens (including phenoxy) is 1. The Morgan fingerprint density at radius 2 is 2.27 bits per heavy atom. The molecule has 0 saturated carbocycles. The number of anilines is 1. The van der Waals surface area contributed by atoms with Crippen LogP contribution in [0.3, 0.4) is 0 Å². The Morgan fingerprint density at radius 1 is 1.53 bits per heavy atom. The number of nitrogens with one attached hydrogen (secondary N) is 1. The van der Waals surface area contributed by atoms with Crippen molar-refractivity contribution < 1.29 is 9.53 Å². The smallest absolute Gasteiger partial charge is 0.142 e. The van der Waals surface area contributed by atoms with Crippen LogP contribution >= 0.6 is 11.6 Å². The van der Waals surface area contributed by atoms with E-state index in [1.165, 1.54) is 0 Å². The van der Waals surface area contributed by atoms with E-state index in [4.69, 9.17) is 16.3 Å². The van der Waals surface area contributed by atoms with Gasteiger partial charge in [-0.15, -0.1) is 0 Å². The van der Waals surface area contributed by atoms with Crippen LogP contribution in [0.15, 0.2) is 12.1 Å². The van der Waals surface area contributed by atoms with Crippen LogP contribution in [0.4, 0.5) is 5.69 Å². The van der Waals surface area contributed by atoms with Crippen molar-refractivity contribution in [2.45, 2.75) is 13.3 Å². The molecular formula is C11H14ClNO2. The van der Waals surface area contributed by atoms with E-state index in [9.17, 15) is 4.79 Å². The molecule has 0 bridgehead atoms. The molecule has 0 amide bonds. The summed E-state index contributed by atoms with van der Waals surface area (Å²) in [6.45, 7) is 2.28. The van der Waals surface area contributed by atoms with E-state index >= 15 is 0 Å². The zero-order valence-electron chi connectivity index (χ0n) is 8.84. The summed E-state index contributed by atoms with van der Waals surface area (Å²) in [5, 5.41) is 3.62. The second-order valence-corrected chi connectivity index (χ2v) is 3.45. The highest BCUT2D eigenvalue weighted by Gasteiger charge is 2.07. The van der Waals surface area contributed by atoms with E-state index in [2.05, 4.69) is 5.32 Å². The highest BCUT2D eigenvalue weighted by molar-refractivity contribution is 6.31. The first-order chi connectivity index (χ1) is 7.22. The van der Waals surface area contributed by atoms with Gasteiger partial charge in [-0.3, -0.25) is 0 Å². The number of halogens is 1. The van der Waals surface area contributed by atoms with Gasteiger partial charge in [0.2, 0.25) is 0 Å². The predicted octanol–water partition coefficient (Wildman–Crippen LogP) is 2.52. The summed E-state index contributed by atoms with van der Waals surface area (Å²) in [6.07, 6.45) is 1.64. The summed E-state index contributed by atoms with van der Waals surface area (Å²) >= 11 is 6.05. The first kappa shape index (κ1) is 11.9. The Balaban J connectivity index is 3.03. The molecule has 1 rings (SSSR count). The molecular weight excluding hydrogens is 214 g/mol. The van der Waals surface area contributed by atoms with E-state index in [1.54, 1.807) is 13.2 Å². The predicted molar refractivity (Wildman–Crippen MR) is 61.9 cm³/mol. The number of benzene rings is 1. The lowest BCUT2D eigenvalue weighted by Crippen LogP contribution is -2.04. The Hall–Kier alpha value is -1.22. The monoisotopic (exact) mass is 227 g/mol. The van der Waals surface area contributed by atoms with E-state index in [0.717, 1.165) is 24.0 Å². The molecule has 0 unspecified atom stereocenters. The van der Waals surface area contributed by atoms with Gasteiger partial charge in [0.25, 0.3) is 0 Å². The standard InChI is InChI=1S/C11H14ClNO2/c1-3-8-6-11(15-2)10(7-9(8)12)13-4-5-14/h5-7,13H,3-4H2,1-2H3. The van der Waals surface area contributed by atoms with Crippen LogP contribution in [0.25, 0.3) is 0 Å². The van der Waals surface area contributed by atoms with E-state index in [1.807, 2.05) is 13.0 Å². The van der Waals surface area contributed by atoms with Crippen LogP contribution in [0.5, 0.6) is 5.75 Å². The fourth-order valence-electron chi connectivity index (χ4n) is 1.33. The topological polar surface area (TPSA) is 38.3 Å². The zero-order chi connectivity index (χ0) is 11.3. The molecule has 4 heteroatoms. The molecule has 3 nitrogen and oxygen atoms in total. The fourth-order valence-corrected chi connectivity index (χ4v) is 1.62. The van der Waals surface area contributed by atoms with Crippen LogP contribution in [0, 0.1) is 0 Å². The van der Waals surface area contributed by atoms with Gasteiger partial charge in [0.15, 0.2) is 0 Å². The fraction of sp³-hybridized carbons (Fsp3) is 0.364. The van der Waals surface area contributed by atoms with Crippen molar-refractivity contribution in [2.24, 2.45) is 0 Å². The minimum Gasteiger partial charge on any atom is -0.495 e. The highest BCUT2D eigenvalue weighted by atomic mass is 35.5. The molecule has 0 aliphatic carbocycles. The first-order valence-corrected chi connectivity index (χ1v) is 5.14. The van der Waals surface area contributed by atoms with Crippen molar-refractivity contribution in [1.29, 1.82) is 0 Å². The van der Waals surface area contributed by atoms with Gasteiger partial charge >= 0.3 is 0 Å². The SMILES string of the molecule is CCc1cc(OC)c(NCC=O)cc1Cl. The number of aldehydes is 1. The molecule has 0 heterocycles. The summed E-state index contributed by atoms with van der Waals surface area (Å²) in [6, 6.07) is 3.66. The molecule has 0 spiro atoms. The first-order valence-electron chi connectivity index (χ1n) is 4.76. The molecule has 0 aliphatic rings. The molecule has 82 valence electrons. The minimum atomic E-state index is 0.248. The second kappa shape index (κ2) is 5.61. The molecule has 0 fully saturated rings. The van der Waals surface area contributed by atoms with Crippen molar-refractivity contribution in [3.8, 4) is 5.75 Å². The van der Waals surface area contributed by atoms with E-state index in [0.29, 0.717) is 10.8 Å². The van der Waals surface area contributed by atoms with Gasteiger partial charge in [0, 0.05) is 5.02 Å². The average Bonchev–Trinajstić information content (AvgIpc) is 2.26. The largest absolute Gasteiger partial charge is 0.495 e. The van der Waals surface area contributed by atoms with Crippen LogP contribution in [0.2, 0.25) is 5.02 Å². The van der Waals surface area contributed by atoms with E-state index < -0.39 is 0 Å². The molecule has 1 N–H and O–H groups in total. The van der Waals surface area contributed by atoms with Crippen molar-refractivity contribution in [3.63, 3.8) is 0 Å². The van der Waals surface area contributed by atoms with Gasteiger partial charge in [-0.05, 0) is 24.1 Å². The minimum absolute atomic E-state index is 0.248. The normalized spacial score (nSPS) is 9.80. The summed E-state index contributed by atoms with van der Waals surface area (Å²) in [4.78, 5) is 10.2. The molecule has 0 radical (unpaired) electrons. The summed E-state index contributed by atoms with van der Waals surface area (Å²) in [5.41, 5.74) is 1.77. The number of carbonyl (C=O) groups is 1. The van der Waals surface area contributed by atoms with Crippen LogP contribution in [-0.4, -0.2) is 19.9 Å². The van der Waals surface area contributed by atoms with Gasteiger partial charge in [0.05, 0.1) is 19.3 Å². The van der Waals surface area contributed by atoms with Crippen LogP contribution in [0.1, 0.15) is 12.5 Å². The molecule has 0 aromatic heterocycles. The molecule has 1 aromatic rings. The van der Waals surface area contributed by atoms with Crippen molar-refractivity contribution in [3.05, 3.63) is 22.7 Å². The Kier molecular flexibility index (Phi) is 4.43. The molecule has 1 aromatic carbocycles. The lowest BCUT2D eigenvalue weighted by molar-refractivity contribution is -0.106. The zero-order valence-corrected chi connectivity index (χ0v) is 9.60. The van der Waals surface area contributed by atoms with Crippen molar-refractivity contribution >= 4 is 23.6 Å². The molecule has 0 aliphatic heterocycles. The van der Waals surface area contributed by atoms with Gasteiger partial charge < -0.3 is 14.8 Å². The maximum atomic E-state index is 10.2. The van der Waals surface area contributed by atoms with Crippen LogP contribution in [-0.2, 0) is 11.2 Å². The Labute approximate surface area is 94.4 Å². The lowest BCUT2D eigenvalue weighted by atomic mass is 10.1. The maximum Gasteiger partial charge on any atom is 0.142 e. The van der Waals surface area contributed by atoms with Crippen LogP contribution < -0.4 is 10.1 Å². The third kappa shape index (κ3) is 2.86. The quantitative estimate of drug-likeness (QED) is 0.786. The lowest BCUT2D eigenvalue weighted by Gasteiger charge is -2.12. The van der Waals surface area contributed by atoms with E-state index in [-0.39, 0.29) is 6.54 Å². The molecule has 0 atom stereocenters. The summed E-state index contributed by atoms with van der Waals surface area (Å²) in [7, 11) is 1.59. The molecule has 0 saturated heterocycles. The van der Waals surface area contributed by atoms with Gasteiger partial charge in [-0.2, -0.15) is 0 Å². The van der Waals surface area contributed by atoms with Crippen molar-refractivity contribution in [2.75, 3.05) is 19.0 Å². The third-order valence-electron chi connectivity index (χ3n) is 2.13. The van der Waals surface area contributed by atoms with Gasteiger partial charge in [-0.1, -0.05) is 18.5 Å². The average molecular weight is 228 g/mol. The number of aryl methyl sites for hydroxylation is 1. The number of rotatable bonds is 5. The highest BCUT2D eigenvalue weighted by Crippen LogP contribution is 2.31. The number of hydrogen-bond acceptors (Lipinski definition) is 3. The Bertz CT molecular complexity index is 353. The third-order valence-corrected chi connectivity index (χ3v) is 2.48. The summed E-state index contributed by atoms with van der Waals surface area (Å²) in [5.74, 6) is 0.707. The van der Waals surface area contributed by atoms with Gasteiger partial charge in [-0.25, -0.2) is 0 Å². The molecule has 15 heavy (non-hydrogen) atoms. The number of methoxy groups -OCH3 is 1. The maximum absolute atomic E-state index is 10.2.